The maximum atomic E-state index is 11.0. The van der Waals surface area contributed by atoms with Gasteiger partial charge in [-0.1, -0.05) is 24.3 Å². The van der Waals surface area contributed by atoms with Crippen molar-refractivity contribution in [3.63, 3.8) is 0 Å². The smallest absolute Gasteiger partial charge is 0.314 e. The van der Waals surface area contributed by atoms with Gasteiger partial charge >= 0.3 is 5.97 Å². The lowest BCUT2D eigenvalue weighted by Crippen LogP contribution is -2.19. The number of nitrogens with zero attached hydrogens (tertiary/aromatic N) is 1. The van der Waals surface area contributed by atoms with E-state index in [1.807, 2.05) is 24.3 Å². The first-order valence-electron chi connectivity index (χ1n) is 4.89. The molecule has 1 aliphatic rings. The minimum atomic E-state index is -0.740. The van der Waals surface area contributed by atoms with Crippen molar-refractivity contribution in [3.05, 3.63) is 35.4 Å². The number of nitriles is 1. The molecule has 0 heterocycles. The van der Waals surface area contributed by atoms with Crippen LogP contribution in [0.15, 0.2) is 24.3 Å². The van der Waals surface area contributed by atoms with Crippen LogP contribution >= 0.6 is 0 Å². The SMILES string of the molecule is N#CCc1ccc(C2(C(=O)O)CC2)cc1. The molecule has 15 heavy (non-hydrogen) atoms. The maximum absolute atomic E-state index is 11.0. The lowest BCUT2D eigenvalue weighted by molar-refractivity contribution is -0.140. The van der Waals surface area contributed by atoms with Crippen molar-refractivity contribution in [1.29, 1.82) is 5.26 Å². The van der Waals surface area contributed by atoms with E-state index in [2.05, 4.69) is 6.07 Å². The molecule has 0 amide bonds. The molecule has 1 aromatic carbocycles. The van der Waals surface area contributed by atoms with Gasteiger partial charge in [-0.05, 0) is 24.0 Å². The van der Waals surface area contributed by atoms with Crippen LogP contribution in [0, 0.1) is 11.3 Å². The lowest BCUT2D eigenvalue weighted by Gasteiger charge is -2.09. The number of carboxylic acid groups (broad SMARTS) is 1. The molecule has 2 rings (SSSR count). The van der Waals surface area contributed by atoms with Crippen molar-refractivity contribution < 1.29 is 9.90 Å². The van der Waals surface area contributed by atoms with E-state index in [0.29, 0.717) is 6.42 Å². The third kappa shape index (κ3) is 1.59. The Bertz CT molecular complexity index is 424. The van der Waals surface area contributed by atoms with Crippen LogP contribution in [0.2, 0.25) is 0 Å². The zero-order chi connectivity index (χ0) is 10.9. The second kappa shape index (κ2) is 3.39. The van der Waals surface area contributed by atoms with Crippen LogP contribution in [-0.4, -0.2) is 11.1 Å². The summed E-state index contributed by atoms with van der Waals surface area (Å²) in [5.74, 6) is -0.740. The molecule has 1 N–H and O–H groups in total. The number of benzene rings is 1. The molecule has 1 aliphatic carbocycles. The number of hydrogen-bond donors (Lipinski definition) is 1. The second-order valence-electron chi connectivity index (χ2n) is 3.92. The van der Waals surface area contributed by atoms with Crippen LogP contribution in [0.3, 0.4) is 0 Å². The topological polar surface area (TPSA) is 61.1 Å². The number of aliphatic carboxylic acids is 1. The highest BCUT2D eigenvalue weighted by molar-refractivity contribution is 5.84. The maximum Gasteiger partial charge on any atom is 0.314 e. The summed E-state index contributed by atoms with van der Waals surface area (Å²) in [6, 6.07) is 9.39. The molecule has 3 nitrogen and oxygen atoms in total. The van der Waals surface area contributed by atoms with Crippen LogP contribution in [-0.2, 0) is 16.6 Å². The largest absolute Gasteiger partial charge is 0.481 e. The number of carboxylic acids is 1. The molecule has 1 aromatic rings. The molecule has 0 radical (unpaired) electrons. The Morgan fingerprint density at radius 1 is 1.40 bits per heavy atom. The van der Waals surface area contributed by atoms with Crippen LogP contribution in [0.5, 0.6) is 0 Å². The standard InChI is InChI=1S/C12H11NO2/c13-8-5-9-1-3-10(4-2-9)12(6-7-12)11(14)15/h1-4H,5-7H2,(H,14,15). The van der Waals surface area contributed by atoms with Gasteiger partial charge in [0.15, 0.2) is 0 Å². The highest BCUT2D eigenvalue weighted by Gasteiger charge is 2.51. The van der Waals surface area contributed by atoms with E-state index in [1.165, 1.54) is 0 Å². The zero-order valence-electron chi connectivity index (χ0n) is 8.23. The fourth-order valence-electron chi connectivity index (χ4n) is 1.78. The van der Waals surface area contributed by atoms with E-state index in [-0.39, 0.29) is 0 Å². The van der Waals surface area contributed by atoms with Gasteiger partial charge in [-0.3, -0.25) is 4.79 Å². The molecule has 0 aliphatic heterocycles. The predicted molar refractivity (Wildman–Crippen MR) is 54.3 cm³/mol. The van der Waals surface area contributed by atoms with Gasteiger partial charge in [0, 0.05) is 0 Å². The van der Waals surface area contributed by atoms with E-state index < -0.39 is 11.4 Å². The fourth-order valence-corrected chi connectivity index (χ4v) is 1.78. The van der Waals surface area contributed by atoms with E-state index in [9.17, 15) is 4.79 Å². The van der Waals surface area contributed by atoms with Crippen molar-refractivity contribution in [3.8, 4) is 6.07 Å². The summed E-state index contributed by atoms with van der Waals surface area (Å²) >= 11 is 0. The molecule has 1 saturated carbocycles. The van der Waals surface area contributed by atoms with Crippen molar-refractivity contribution in [2.24, 2.45) is 0 Å². The van der Waals surface area contributed by atoms with Gasteiger partial charge in [0.1, 0.15) is 0 Å². The second-order valence-corrected chi connectivity index (χ2v) is 3.92. The molecule has 0 atom stereocenters. The molecule has 1 fully saturated rings. The predicted octanol–water partition coefficient (Wildman–Crippen LogP) is 1.87. The lowest BCUT2D eigenvalue weighted by atomic mass is 9.95. The van der Waals surface area contributed by atoms with Gasteiger partial charge < -0.3 is 5.11 Å². The summed E-state index contributed by atoms with van der Waals surface area (Å²) in [6.45, 7) is 0. The summed E-state index contributed by atoms with van der Waals surface area (Å²) in [5.41, 5.74) is 1.16. The van der Waals surface area contributed by atoms with Crippen LogP contribution in [0.25, 0.3) is 0 Å². The Morgan fingerprint density at radius 2 is 2.00 bits per heavy atom. The molecular weight excluding hydrogens is 190 g/mol. The first-order chi connectivity index (χ1) is 7.19. The molecule has 0 spiro atoms. The Balaban J connectivity index is 2.25. The molecule has 76 valence electrons. The first-order valence-corrected chi connectivity index (χ1v) is 4.89. The molecule has 3 heteroatoms. The molecule has 0 bridgehead atoms. The summed E-state index contributed by atoms with van der Waals surface area (Å²) < 4.78 is 0. The third-order valence-electron chi connectivity index (χ3n) is 2.95. The van der Waals surface area contributed by atoms with Gasteiger partial charge in [-0.25, -0.2) is 0 Å². The Kier molecular flexibility index (Phi) is 2.20. The Hall–Kier alpha value is -1.82. The van der Waals surface area contributed by atoms with E-state index in [4.69, 9.17) is 10.4 Å². The normalized spacial score (nSPS) is 16.7. The van der Waals surface area contributed by atoms with Crippen molar-refractivity contribution in [2.45, 2.75) is 24.7 Å². The van der Waals surface area contributed by atoms with Crippen LogP contribution in [0.1, 0.15) is 24.0 Å². The highest BCUT2D eigenvalue weighted by atomic mass is 16.4. The van der Waals surface area contributed by atoms with Crippen molar-refractivity contribution >= 4 is 5.97 Å². The number of rotatable bonds is 3. The average molecular weight is 201 g/mol. The van der Waals surface area contributed by atoms with Crippen molar-refractivity contribution in [2.75, 3.05) is 0 Å². The average Bonchev–Trinajstić information content (AvgIpc) is 3.00. The minimum Gasteiger partial charge on any atom is -0.481 e. The van der Waals surface area contributed by atoms with E-state index in [1.54, 1.807) is 0 Å². The third-order valence-corrected chi connectivity index (χ3v) is 2.95. The van der Waals surface area contributed by atoms with Crippen molar-refractivity contribution in [1.82, 2.24) is 0 Å². The zero-order valence-corrected chi connectivity index (χ0v) is 8.23. The Morgan fingerprint density at radius 3 is 2.40 bits per heavy atom. The van der Waals surface area contributed by atoms with E-state index >= 15 is 0 Å². The quantitative estimate of drug-likeness (QED) is 0.812. The highest BCUT2D eigenvalue weighted by Crippen LogP contribution is 2.48. The Labute approximate surface area is 88.0 Å². The fraction of sp³-hybridized carbons (Fsp3) is 0.333. The molecule has 0 aromatic heterocycles. The summed E-state index contributed by atoms with van der Waals surface area (Å²) in [6.07, 6.45) is 1.82. The van der Waals surface area contributed by atoms with Gasteiger partial charge in [0.2, 0.25) is 0 Å². The number of hydrogen-bond acceptors (Lipinski definition) is 2. The molecular formula is C12H11NO2. The van der Waals surface area contributed by atoms with Gasteiger partial charge in [0.05, 0.1) is 17.9 Å². The summed E-state index contributed by atoms with van der Waals surface area (Å²) in [7, 11) is 0. The van der Waals surface area contributed by atoms with Crippen LogP contribution in [0.4, 0.5) is 0 Å². The summed E-state index contributed by atoms with van der Waals surface area (Å²) in [4.78, 5) is 11.0. The molecule has 0 unspecified atom stereocenters. The first kappa shape index (κ1) is 9.72. The van der Waals surface area contributed by atoms with Gasteiger partial charge in [-0.15, -0.1) is 0 Å². The van der Waals surface area contributed by atoms with Gasteiger partial charge in [0.25, 0.3) is 0 Å². The van der Waals surface area contributed by atoms with E-state index in [0.717, 1.165) is 24.0 Å². The van der Waals surface area contributed by atoms with Gasteiger partial charge in [-0.2, -0.15) is 5.26 Å². The van der Waals surface area contributed by atoms with Crippen LogP contribution < -0.4 is 0 Å². The summed E-state index contributed by atoms with van der Waals surface area (Å²) in [5, 5.41) is 17.6. The monoisotopic (exact) mass is 201 g/mol. The minimum absolute atomic E-state index is 0.375. The number of carbonyl (C=O) groups is 1. The molecule has 0 saturated heterocycles.